The maximum Gasteiger partial charge on any atom is 0.226 e. The lowest BCUT2D eigenvalue weighted by molar-refractivity contribution is 0.122. The third kappa shape index (κ3) is 4.16. The Labute approximate surface area is 162 Å². The number of imidazole rings is 1. The molecule has 2 fully saturated rings. The molecule has 0 bridgehead atoms. The fourth-order valence-electron chi connectivity index (χ4n) is 3.41. The van der Waals surface area contributed by atoms with Crippen LogP contribution in [0.25, 0.3) is 11.2 Å². The standard InChI is InChI=1S/C15H22ClN7O3S/c1-27(24,25)23-4-2-21(3-5-23)10-11-17-12-13(18-11)19-15(16)20-14(12)22-6-8-26-9-7-22/h2-10H2,1H3,(H,17,18,19,20). The van der Waals surface area contributed by atoms with Crippen molar-refractivity contribution >= 4 is 38.6 Å². The van der Waals surface area contributed by atoms with Crippen LogP contribution in [0, 0.1) is 0 Å². The largest absolute Gasteiger partial charge is 0.378 e. The summed E-state index contributed by atoms with van der Waals surface area (Å²) in [7, 11) is -3.13. The zero-order valence-corrected chi connectivity index (χ0v) is 16.6. The molecule has 4 heterocycles. The van der Waals surface area contributed by atoms with Crippen molar-refractivity contribution in [3.63, 3.8) is 0 Å². The van der Waals surface area contributed by atoms with Crippen molar-refractivity contribution in [1.29, 1.82) is 0 Å². The maximum absolute atomic E-state index is 11.6. The van der Waals surface area contributed by atoms with Crippen LogP contribution in [-0.4, -0.2) is 96.3 Å². The number of aromatic amines is 1. The number of aromatic nitrogens is 4. The Hall–Kier alpha value is -1.53. The van der Waals surface area contributed by atoms with Gasteiger partial charge in [0.05, 0.1) is 26.0 Å². The Kier molecular flexibility index (Phi) is 5.21. The lowest BCUT2D eigenvalue weighted by atomic mass is 10.3. The average molecular weight is 416 g/mol. The van der Waals surface area contributed by atoms with Crippen LogP contribution in [0.4, 0.5) is 5.82 Å². The van der Waals surface area contributed by atoms with Gasteiger partial charge in [-0.3, -0.25) is 4.90 Å². The molecule has 2 saturated heterocycles. The van der Waals surface area contributed by atoms with E-state index in [2.05, 4.69) is 24.8 Å². The Morgan fingerprint density at radius 3 is 2.44 bits per heavy atom. The van der Waals surface area contributed by atoms with Gasteiger partial charge in [0.1, 0.15) is 5.82 Å². The highest BCUT2D eigenvalue weighted by atomic mass is 35.5. The lowest BCUT2D eigenvalue weighted by Gasteiger charge is -2.32. The Morgan fingerprint density at radius 1 is 1.07 bits per heavy atom. The number of fused-ring (bicyclic) bond motifs is 1. The summed E-state index contributed by atoms with van der Waals surface area (Å²) in [4.78, 5) is 20.8. The van der Waals surface area contributed by atoms with Gasteiger partial charge in [-0.05, 0) is 11.6 Å². The topological polar surface area (TPSA) is 108 Å². The number of sulfonamides is 1. The fraction of sp³-hybridized carbons (Fsp3) is 0.667. The number of hydrogen-bond acceptors (Lipinski definition) is 8. The van der Waals surface area contributed by atoms with E-state index in [1.807, 2.05) is 0 Å². The molecule has 2 aliphatic rings. The monoisotopic (exact) mass is 415 g/mol. The Balaban J connectivity index is 1.52. The minimum absolute atomic E-state index is 0.181. The van der Waals surface area contributed by atoms with Gasteiger partial charge in [0.2, 0.25) is 15.3 Å². The molecule has 0 amide bonds. The molecule has 27 heavy (non-hydrogen) atoms. The van der Waals surface area contributed by atoms with Crippen LogP contribution in [0.1, 0.15) is 5.82 Å². The van der Waals surface area contributed by atoms with E-state index in [-0.39, 0.29) is 5.28 Å². The highest BCUT2D eigenvalue weighted by Gasteiger charge is 2.25. The summed E-state index contributed by atoms with van der Waals surface area (Å²) in [5, 5.41) is 0.181. The number of morpholine rings is 1. The van der Waals surface area contributed by atoms with Gasteiger partial charge in [-0.2, -0.15) is 14.3 Å². The predicted molar refractivity (Wildman–Crippen MR) is 101 cm³/mol. The lowest BCUT2D eigenvalue weighted by Crippen LogP contribution is -2.47. The van der Waals surface area contributed by atoms with Crippen LogP contribution in [0.15, 0.2) is 0 Å². The van der Waals surface area contributed by atoms with Gasteiger partial charge < -0.3 is 14.6 Å². The van der Waals surface area contributed by atoms with E-state index in [0.29, 0.717) is 57.1 Å². The second-order valence-corrected chi connectivity index (χ2v) is 9.06. The number of hydrogen-bond donors (Lipinski definition) is 1. The van der Waals surface area contributed by atoms with Crippen LogP contribution in [-0.2, 0) is 21.3 Å². The number of piperazine rings is 1. The number of anilines is 1. The second-order valence-electron chi connectivity index (χ2n) is 6.73. The number of nitrogens with zero attached hydrogens (tertiary/aromatic N) is 6. The molecule has 2 aromatic rings. The normalized spacial score (nSPS) is 20.4. The summed E-state index contributed by atoms with van der Waals surface area (Å²) < 4.78 is 30.2. The predicted octanol–water partition coefficient (Wildman–Crippen LogP) is -0.0799. The minimum Gasteiger partial charge on any atom is -0.378 e. The second kappa shape index (κ2) is 7.47. The molecule has 0 radical (unpaired) electrons. The first kappa shape index (κ1) is 18.8. The number of nitrogens with one attached hydrogen (secondary N) is 1. The van der Waals surface area contributed by atoms with Gasteiger partial charge in [-0.1, -0.05) is 0 Å². The quantitative estimate of drug-likeness (QED) is 0.691. The molecule has 2 aliphatic heterocycles. The third-order valence-electron chi connectivity index (χ3n) is 4.83. The Morgan fingerprint density at radius 2 is 1.78 bits per heavy atom. The number of H-pyrrole nitrogens is 1. The van der Waals surface area contributed by atoms with Crippen LogP contribution in [0.3, 0.4) is 0 Å². The van der Waals surface area contributed by atoms with Crippen molar-refractivity contribution < 1.29 is 13.2 Å². The SMILES string of the molecule is CS(=O)(=O)N1CCN(Cc2nc3c(N4CCOCC4)nc(Cl)nc3[nH]2)CC1. The summed E-state index contributed by atoms with van der Waals surface area (Å²) in [5.74, 6) is 1.49. The zero-order valence-electron chi connectivity index (χ0n) is 15.1. The van der Waals surface area contributed by atoms with Gasteiger partial charge in [0.15, 0.2) is 17.0 Å². The molecule has 0 atom stereocenters. The molecule has 12 heteroatoms. The van der Waals surface area contributed by atoms with Gasteiger partial charge in [-0.15, -0.1) is 0 Å². The molecule has 0 unspecified atom stereocenters. The van der Waals surface area contributed by atoms with Crippen molar-refractivity contribution in [1.82, 2.24) is 29.1 Å². The molecule has 0 aliphatic carbocycles. The summed E-state index contributed by atoms with van der Waals surface area (Å²) in [6.07, 6.45) is 1.25. The van der Waals surface area contributed by atoms with Gasteiger partial charge in [0.25, 0.3) is 0 Å². The zero-order chi connectivity index (χ0) is 19.0. The molecule has 10 nitrogen and oxygen atoms in total. The van der Waals surface area contributed by atoms with E-state index in [1.54, 1.807) is 0 Å². The van der Waals surface area contributed by atoms with Crippen molar-refractivity contribution in [2.75, 3.05) is 63.6 Å². The van der Waals surface area contributed by atoms with E-state index in [0.717, 1.165) is 24.7 Å². The molecule has 148 valence electrons. The summed E-state index contributed by atoms with van der Waals surface area (Å²) in [5.41, 5.74) is 1.31. The summed E-state index contributed by atoms with van der Waals surface area (Å²) in [6.45, 7) is 5.65. The summed E-state index contributed by atoms with van der Waals surface area (Å²) in [6, 6.07) is 0. The first-order valence-corrected chi connectivity index (χ1v) is 11.0. The number of rotatable bonds is 4. The van der Waals surface area contributed by atoms with Crippen LogP contribution in [0.2, 0.25) is 5.28 Å². The molecular formula is C15H22ClN7O3S. The molecule has 1 N–H and O–H groups in total. The highest BCUT2D eigenvalue weighted by Crippen LogP contribution is 2.25. The van der Waals surface area contributed by atoms with Gasteiger partial charge in [0, 0.05) is 39.3 Å². The van der Waals surface area contributed by atoms with Crippen molar-refractivity contribution in [3.05, 3.63) is 11.1 Å². The number of halogens is 1. The fourth-order valence-corrected chi connectivity index (χ4v) is 4.40. The van der Waals surface area contributed by atoms with E-state index < -0.39 is 10.0 Å². The van der Waals surface area contributed by atoms with E-state index in [1.165, 1.54) is 10.6 Å². The smallest absolute Gasteiger partial charge is 0.226 e. The first-order valence-electron chi connectivity index (χ1n) is 8.82. The summed E-state index contributed by atoms with van der Waals surface area (Å²) >= 11 is 6.10. The minimum atomic E-state index is -3.13. The highest BCUT2D eigenvalue weighted by molar-refractivity contribution is 7.88. The van der Waals surface area contributed by atoms with E-state index in [4.69, 9.17) is 21.3 Å². The van der Waals surface area contributed by atoms with E-state index >= 15 is 0 Å². The van der Waals surface area contributed by atoms with Gasteiger partial charge >= 0.3 is 0 Å². The van der Waals surface area contributed by atoms with Crippen molar-refractivity contribution in [2.45, 2.75) is 6.54 Å². The molecule has 0 spiro atoms. The van der Waals surface area contributed by atoms with Crippen molar-refractivity contribution in [2.24, 2.45) is 0 Å². The molecule has 2 aromatic heterocycles. The average Bonchev–Trinajstić information content (AvgIpc) is 3.03. The van der Waals surface area contributed by atoms with Gasteiger partial charge in [-0.25, -0.2) is 13.4 Å². The van der Waals surface area contributed by atoms with Crippen molar-refractivity contribution in [3.8, 4) is 0 Å². The number of ether oxygens (including phenoxy) is 1. The van der Waals surface area contributed by atoms with E-state index in [9.17, 15) is 8.42 Å². The Bertz CT molecular complexity index is 921. The van der Waals surface area contributed by atoms with Crippen LogP contribution >= 0.6 is 11.6 Å². The third-order valence-corrected chi connectivity index (χ3v) is 6.30. The first-order chi connectivity index (χ1) is 12.9. The molecule has 0 saturated carbocycles. The molecular weight excluding hydrogens is 394 g/mol. The molecule has 0 aromatic carbocycles. The molecule has 4 rings (SSSR count). The van der Waals surface area contributed by atoms with Crippen LogP contribution < -0.4 is 4.90 Å². The maximum atomic E-state index is 11.6. The van der Waals surface area contributed by atoms with Crippen LogP contribution in [0.5, 0.6) is 0 Å².